The van der Waals surface area contributed by atoms with Crippen LogP contribution in [0.25, 0.3) is 0 Å². The van der Waals surface area contributed by atoms with E-state index >= 15 is 0 Å². The van der Waals surface area contributed by atoms with Crippen molar-refractivity contribution in [3.63, 3.8) is 0 Å². The van der Waals surface area contributed by atoms with Crippen molar-refractivity contribution >= 4 is 0 Å². The summed E-state index contributed by atoms with van der Waals surface area (Å²) in [5.74, 6) is 0. The van der Waals surface area contributed by atoms with E-state index < -0.39 is 0 Å². The third-order valence-electron chi connectivity index (χ3n) is 2.74. The van der Waals surface area contributed by atoms with Crippen LogP contribution in [0, 0.1) is 0 Å². The molecule has 15 heavy (non-hydrogen) atoms. The summed E-state index contributed by atoms with van der Waals surface area (Å²) < 4.78 is 5.66. The summed E-state index contributed by atoms with van der Waals surface area (Å²) in [5, 5.41) is 0. The summed E-state index contributed by atoms with van der Waals surface area (Å²) >= 11 is 0. The lowest BCUT2D eigenvalue weighted by Crippen LogP contribution is -2.30. The van der Waals surface area contributed by atoms with Gasteiger partial charge in [0.2, 0.25) is 0 Å². The molecule has 0 fully saturated rings. The summed E-state index contributed by atoms with van der Waals surface area (Å²) in [6.07, 6.45) is 9.66. The number of hydrogen-bond donors (Lipinski definition) is 0. The maximum Gasteiger partial charge on any atom is 0.110 e. The molecular weight excluding hydrogens is 186 g/mol. The Hall–Kier alpha value is -0.0800. The standard InChI is InChI=1S/C13H29NO/c1-5-7-8-9-10-11-12-13(14(3)4)15-6-2/h13H,5-12H2,1-4H3. The minimum atomic E-state index is 0.321. The van der Waals surface area contributed by atoms with Crippen LogP contribution in [0.1, 0.15) is 58.8 Å². The van der Waals surface area contributed by atoms with Crippen molar-refractivity contribution in [2.24, 2.45) is 0 Å². The second-order valence-corrected chi connectivity index (χ2v) is 4.43. The first kappa shape index (κ1) is 14.9. The number of unbranched alkanes of at least 4 members (excludes halogenated alkanes) is 5. The van der Waals surface area contributed by atoms with Gasteiger partial charge in [-0.15, -0.1) is 0 Å². The highest BCUT2D eigenvalue weighted by Crippen LogP contribution is 2.11. The first-order chi connectivity index (χ1) is 7.22. The van der Waals surface area contributed by atoms with Gasteiger partial charge in [-0.3, -0.25) is 4.90 Å². The first-order valence-electron chi connectivity index (χ1n) is 6.50. The fraction of sp³-hybridized carbons (Fsp3) is 1.00. The molecule has 2 heteroatoms. The van der Waals surface area contributed by atoms with Gasteiger partial charge in [0.25, 0.3) is 0 Å². The average molecular weight is 215 g/mol. The third kappa shape index (κ3) is 8.88. The molecule has 0 heterocycles. The average Bonchev–Trinajstić information content (AvgIpc) is 2.21. The molecule has 0 aliphatic heterocycles. The van der Waals surface area contributed by atoms with Crippen molar-refractivity contribution in [3.8, 4) is 0 Å². The van der Waals surface area contributed by atoms with Crippen LogP contribution >= 0.6 is 0 Å². The van der Waals surface area contributed by atoms with Crippen molar-refractivity contribution in [1.29, 1.82) is 0 Å². The highest BCUT2D eigenvalue weighted by Gasteiger charge is 2.09. The van der Waals surface area contributed by atoms with Crippen LogP contribution in [0.5, 0.6) is 0 Å². The Labute approximate surface area is 96.0 Å². The summed E-state index contributed by atoms with van der Waals surface area (Å²) in [4.78, 5) is 2.18. The molecule has 0 bridgehead atoms. The second-order valence-electron chi connectivity index (χ2n) is 4.43. The Kier molecular flexibility index (Phi) is 10.4. The van der Waals surface area contributed by atoms with E-state index in [1.54, 1.807) is 0 Å². The van der Waals surface area contributed by atoms with Crippen molar-refractivity contribution < 1.29 is 4.74 Å². The number of hydrogen-bond acceptors (Lipinski definition) is 2. The van der Waals surface area contributed by atoms with Crippen molar-refractivity contribution in [2.45, 2.75) is 65.0 Å². The zero-order chi connectivity index (χ0) is 11.5. The van der Waals surface area contributed by atoms with Crippen molar-refractivity contribution in [3.05, 3.63) is 0 Å². The van der Waals surface area contributed by atoms with E-state index in [0.29, 0.717) is 6.23 Å². The fourth-order valence-electron chi connectivity index (χ4n) is 1.78. The van der Waals surface area contributed by atoms with E-state index in [9.17, 15) is 0 Å². The second kappa shape index (κ2) is 10.4. The Morgan fingerprint density at radius 2 is 1.53 bits per heavy atom. The molecule has 0 radical (unpaired) electrons. The molecule has 0 aromatic carbocycles. The van der Waals surface area contributed by atoms with Crippen LogP contribution in [0.15, 0.2) is 0 Å². The molecule has 0 rings (SSSR count). The van der Waals surface area contributed by atoms with Crippen LogP contribution in [0.4, 0.5) is 0 Å². The molecule has 0 aromatic rings. The SMILES string of the molecule is CCCCCCCCC(OCC)N(C)C. The number of nitrogens with zero attached hydrogens (tertiary/aromatic N) is 1. The number of rotatable bonds is 10. The smallest absolute Gasteiger partial charge is 0.110 e. The van der Waals surface area contributed by atoms with Crippen LogP contribution in [0.2, 0.25) is 0 Å². The van der Waals surface area contributed by atoms with Crippen LogP contribution in [-0.2, 0) is 4.74 Å². The molecule has 0 N–H and O–H groups in total. The Morgan fingerprint density at radius 1 is 0.933 bits per heavy atom. The molecule has 0 saturated heterocycles. The third-order valence-corrected chi connectivity index (χ3v) is 2.74. The van der Waals surface area contributed by atoms with Gasteiger partial charge in [0.05, 0.1) is 0 Å². The van der Waals surface area contributed by atoms with E-state index in [-0.39, 0.29) is 0 Å². The maximum absolute atomic E-state index is 5.66. The lowest BCUT2D eigenvalue weighted by Gasteiger charge is -2.23. The topological polar surface area (TPSA) is 12.5 Å². The van der Waals surface area contributed by atoms with Crippen LogP contribution in [0.3, 0.4) is 0 Å². The summed E-state index contributed by atoms with van der Waals surface area (Å²) in [6.45, 7) is 5.15. The van der Waals surface area contributed by atoms with E-state index in [1.807, 2.05) is 0 Å². The molecule has 0 spiro atoms. The van der Waals surface area contributed by atoms with Crippen LogP contribution in [-0.4, -0.2) is 31.8 Å². The predicted octanol–water partition coefficient (Wildman–Crippen LogP) is 3.66. The molecule has 0 aliphatic carbocycles. The molecule has 0 aliphatic rings. The van der Waals surface area contributed by atoms with Gasteiger partial charge in [0.15, 0.2) is 0 Å². The lowest BCUT2D eigenvalue weighted by atomic mass is 10.1. The largest absolute Gasteiger partial charge is 0.363 e. The molecular formula is C13H29NO. The molecule has 0 saturated carbocycles. The Bertz CT molecular complexity index is 126. The molecule has 2 nitrogen and oxygen atoms in total. The number of ether oxygens (including phenoxy) is 1. The minimum absolute atomic E-state index is 0.321. The monoisotopic (exact) mass is 215 g/mol. The quantitative estimate of drug-likeness (QED) is 0.407. The summed E-state index contributed by atoms with van der Waals surface area (Å²) in [7, 11) is 4.19. The van der Waals surface area contributed by atoms with Crippen LogP contribution < -0.4 is 0 Å². The van der Waals surface area contributed by atoms with Gasteiger partial charge >= 0.3 is 0 Å². The molecule has 0 amide bonds. The van der Waals surface area contributed by atoms with Crippen molar-refractivity contribution in [1.82, 2.24) is 4.90 Å². The van der Waals surface area contributed by atoms with Gasteiger partial charge in [-0.25, -0.2) is 0 Å². The van der Waals surface area contributed by atoms with E-state index in [4.69, 9.17) is 4.74 Å². The van der Waals surface area contributed by atoms with E-state index in [2.05, 4.69) is 32.8 Å². The molecule has 92 valence electrons. The fourth-order valence-corrected chi connectivity index (χ4v) is 1.78. The van der Waals surface area contributed by atoms with Gasteiger partial charge in [-0.2, -0.15) is 0 Å². The zero-order valence-electron chi connectivity index (χ0n) is 11.1. The van der Waals surface area contributed by atoms with Gasteiger partial charge in [-0.05, 0) is 33.9 Å². The Balaban J connectivity index is 3.37. The highest BCUT2D eigenvalue weighted by molar-refractivity contribution is 4.55. The van der Waals surface area contributed by atoms with Crippen molar-refractivity contribution in [2.75, 3.05) is 20.7 Å². The lowest BCUT2D eigenvalue weighted by molar-refractivity contribution is -0.0362. The minimum Gasteiger partial charge on any atom is -0.363 e. The molecule has 0 aromatic heterocycles. The highest BCUT2D eigenvalue weighted by atomic mass is 16.5. The maximum atomic E-state index is 5.66. The van der Waals surface area contributed by atoms with Gasteiger partial charge in [-0.1, -0.05) is 39.0 Å². The zero-order valence-corrected chi connectivity index (χ0v) is 11.1. The predicted molar refractivity (Wildman–Crippen MR) is 67.1 cm³/mol. The first-order valence-corrected chi connectivity index (χ1v) is 6.50. The van der Waals surface area contributed by atoms with Gasteiger partial charge in [0, 0.05) is 6.61 Å². The molecule has 1 unspecified atom stereocenters. The van der Waals surface area contributed by atoms with Gasteiger partial charge < -0.3 is 4.74 Å². The van der Waals surface area contributed by atoms with E-state index in [0.717, 1.165) is 6.61 Å². The summed E-state index contributed by atoms with van der Waals surface area (Å²) in [5.41, 5.74) is 0. The normalized spacial score (nSPS) is 13.4. The summed E-state index contributed by atoms with van der Waals surface area (Å²) in [6, 6.07) is 0. The van der Waals surface area contributed by atoms with Gasteiger partial charge in [0.1, 0.15) is 6.23 Å². The van der Waals surface area contributed by atoms with E-state index in [1.165, 1.54) is 44.9 Å². The molecule has 1 atom stereocenters. The Morgan fingerprint density at radius 3 is 2.07 bits per heavy atom.